The average Bonchev–Trinajstić information content (AvgIpc) is 2.46. The summed E-state index contributed by atoms with van der Waals surface area (Å²) in [6.45, 7) is 3.57. The standard InChI is InChI=1S/C15H15FO4/c1-2-14(17)19-10-3-11-20-15(18)9-6-12-4-7-13(16)8-5-12/h2,4-9H,1,3,10-11H2. The second kappa shape index (κ2) is 8.63. The highest BCUT2D eigenvalue weighted by molar-refractivity contribution is 5.87. The molecule has 1 aromatic carbocycles. The van der Waals surface area contributed by atoms with E-state index in [1.807, 2.05) is 0 Å². The van der Waals surface area contributed by atoms with Gasteiger partial charge >= 0.3 is 11.9 Å². The summed E-state index contributed by atoms with van der Waals surface area (Å²) >= 11 is 0. The van der Waals surface area contributed by atoms with Gasteiger partial charge in [0.05, 0.1) is 13.2 Å². The van der Waals surface area contributed by atoms with Crippen molar-refractivity contribution in [1.82, 2.24) is 0 Å². The molecule has 1 aromatic rings. The molecule has 0 saturated heterocycles. The van der Waals surface area contributed by atoms with Crippen LogP contribution in [0.3, 0.4) is 0 Å². The number of esters is 2. The summed E-state index contributed by atoms with van der Waals surface area (Å²) < 4.78 is 22.2. The number of carbonyl (C=O) groups excluding carboxylic acids is 2. The molecule has 0 aromatic heterocycles. The molecule has 0 spiro atoms. The van der Waals surface area contributed by atoms with Crippen LogP contribution in [0.1, 0.15) is 12.0 Å². The summed E-state index contributed by atoms with van der Waals surface area (Å²) in [4.78, 5) is 22.0. The Labute approximate surface area is 116 Å². The Balaban J connectivity index is 2.21. The second-order valence-electron chi connectivity index (χ2n) is 3.78. The van der Waals surface area contributed by atoms with Crippen molar-refractivity contribution in [3.8, 4) is 0 Å². The summed E-state index contributed by atoms with van der Waals surface area (Å²) in [6, 6.07) is 5.71. The predicted octanol–water partition coefficient (Wildman–Crippen LogP) is 2.50. The van der Waals surface area contributed by atoms with E-state index in [2.05, 4.69) is 6.58 Å². The van der Waals surface area contributed by atoms with Crippen LogP contribution in [-0.2, 0) is 19.1 Å². The largest absolute Gasteiger partial charge is 0.462 e. The van der Waals surface area contributed by atoms with E-state index in [0.29, 0.717) is 12.0 Å². The van der Waals surface area contributed by atoms with Gasteiger partial charge in [0.1, 0.15) is 5.82 Å². The summed E-state index contributed by atoms with van der Waals surface area (Å²) in [5, 5.41) is 0. The average molecular weight is 278 g/mol. The molecule has 0 aliphatic heterocycles. The van der Waals surface area contributed by atoms with Gasteiger partial charge in [-0.1, -0.05) is 18.7 Å². The molecule has 0 aliphatic rings. The first kappa shape index (κ1) is 15.6. The zero-order chi connectivity index (χ0) is 14.8. The van der Waals surface area contributed by atoms with Gasteiger partial charge in [-0.2, -0.15) is 0 Å². The van der Waals surface area contributed by atoms with Crippen LogP contribution in [0.25, 0.3) is 6.08 Å². The van der Waals surface area contributed by atoms with Crippen molar-refractivity contribution in [2.75, 3.05) is 13.2 Å². The van der Waals surface area contributed by atoms with Gasteiger partial charge < -0.3 is 9.47 Å². The first-order valence-corrected chi connectivity index (χ1v) is 6.01. The molecule has 0 heterocycles. The number of hydrogen-bond acceptors (Lipinski definition) is 4. The van der Waals surface area contributed by atoms with E-state index in [4.69, 9.17) is 9.47 Å². The van der Waals surface area contributed by atoms with Crippen molar-refractivity contribution in [3.63, 3.8) is 0 Å². The van der Waals surface area contributed by atoms with E-state index >= 15 is 0 Å². The van der Waals surface area contributed by atoms with E-state index in [0.717, 1.165) is 6.08 Å². The van der Waals surface area contributed by atoms with Crippen LogP contribution in [0.15, 0.2) is 43.0 Å². The Hall–Kier alpha value is -2.43. The molecule has 0 fully saturated rings. The van der Waals surface area contributed by atoms with Crippen LogP contribution >= 0.6 is 0 Å². The van der Waals surface area contributed by atoms with Crippen LogP contribution in [0.5, 0.6) is 0 Å². The van der Waals surface area contributed by atoms with E-state index in [-0.39, 0.29) is 19.0 Å². The fourth-order valence-electron chi connectivity index (χ4n) is 1.25. The molecule has 0 atom stereocenters. The second-order valence-corrected chi connectivity index (χ2v) is 3.78. The topological polar surface area (TPSA) is 52.6 Å². The monoisotopic (exact) mass is 278 g/mol. The molecule has 0 N–H and O–H groups in total. The SMILES string of the molecule is C=CC(=O)OCCCOC(=O)C=Cc1ccc(F)cc1. The lowest BCUT2D eigenvalue weighted by Crippen LogP contribution is -2.07. The van der Waals surface area contributed by atoms with Crippen LogP contribution in [-0.4, -0.2) is 25.2 Å². The zero-order valence-electron chi connectivity index (χ0n) is 10.9. The van der Waals surface area contributed by atoms with Gasteiger partial charge in [0.25, 0.3) is 0 Å². The van der Waals surface area contributed by atoms with E-state index in [1.54, 1.807) is 12.1 Å². The smallest absolute Gasteiger partial charge is 0.330 e. The van der Waals surface area contributed by atoms with Crippen molar-refractivity contribution >= 4 is 18.0 Å². The highest BCUT2D eigenvalue weighted by Gasteiger charge is 1.99. The van der Waals surface area contributed by atoms with Crippen molar-refractivity contribution in [3.05, 3.63) is 54.4 Å². The summed E-state index contributed by atoms with van der Waals surface area (Å²) in [6.07, 6.45) is 4.26. The van der Waals surface area contributed by atoms with Crippen molar-refractivity contribution in [2.45, 2.75) is 6.42 Å². The zero-order valence-corrected chi connectivity index (χ0v) is 10.9. The number of hydrogen-bond donors (Lipinski definition) is 0. The van der Waals surface area contributed by atoms with E-state index < -0.39 is 11.9 Å². The summed E-state index contributed by atoms with van der Waals surface area (Å²) in [5.74, 6) is -1.35. The molecule has 106 valence electrons. The molecule has 5 heteroatoms. The van der Waals surface area contributed by atoms with Gasteiger partial charge in [0, 0.05) is 18.6 Å². The van der Waals surface area contributed by atoms with Crippen molar-refractivity contribution in [2.24, 2.45) is 0 Å². The van der Waals surface area contributed by atoms with Gasteiger partial charge in [-0.15, -0.1) is 0 Å². The fraction of sp³-hybridized carbons (Fsp3) is 0.200. The van der Waals surface area contributed by atoms with Gasteiger partial charge in [0.2, 0.25) is 0 Å². The fourth-order valence-corrected chi connectivity index (χ4v) is 1.25. The van der Waals surface area contributed by atoms with Crippen molar-refractivity contribution in [1.29, 1.82) is 0 Å². The Morgan fingerprint density at radius 3 is 2.30 bits per heavy atom. The molecule has 0 bridgehead atoms. The van der Waals surface area contributed by atoms with Crippen LogP contribution in [0.4, 0.5) is 4.39 Å². The molecular formula is C15H15FO4. The molecule has 0 saturated carbocycles. The number of rotatable bonds is 7. The summed E-state index contributed by atoms with van der Waals surface area (Å²) in [5.41, 5.74) is 0.697. The van der Waals surface area contributed by atoms with Crippen molar-refractivity contribution < 1.29 is 23.5 Å². The molecular weight excluding hydrogens is 263 g/mol. The van der Waals surface area contributed by atoms with Gasteiger partial charge in [-0.25, -0.2) is 14.0 Å². The minimum absolute atomic E-state index is 0.150. The van der Waals surface area contributed by atoms with Gasteiger partial charge in [-0.05, 0) is 23.8 Å². The maximum Gasteiger partial charge on any atom is 0.330 e. The number of halogens is 1. The minimum atomic E-state index is -0.510. The third kappa shape index (κ3) is 6.49. The maximum atomic E-state index is 12.6. The predicted molar refractivity (Wildman–Crippen MR) is 72.2 cm³/mol. The lowest BCUT2D eigenvalue weighted by molar-refractivity contribution is -0.140. The Kier molecular flexibility index (Phi) is 6.75. The van der Waals surface area contributed by atoms with Crippen LogP contribution in [0, 0.1) is 5.82 Å². The van der Waals surface area contributed by atoms with Gasteiger partial charge in [0.15, 0.2) is 0 Å². The third-order valence-corrected chi connectivity index (χ3v) is 2.23. The molecule has 4 nitrogen and oxygen atoms in total. The van der Waals surface area contributed by atoms with E-state index in [1.165, 1.54) is 24.3 Å². The quantitative estimate of drug-likeness (QED) is 0.437. The highest BCUT2D eigenvalue weighted by Crippen LogP contribution is 2.04. The Bertz CT molecular complexity index is 491. The lowest BCUT2D eigenvalue weighted by Gasteiger charge is -2.02. The molecule has 0 radical (unpaired) electrons. The first-order chi connectivity index (χ1) is 9.61. The van der Waals surface area contributed by atoms with E-state index in [9.17, 15) is 14.0 Å². The Morgan fingerprint density at radius 1 is 1.10 bits per heavy atom. The van der Waals surface area contributed by atoms with Gasteiger partial charge in [-0.3, -0.25) is 0 Å². The molecule has 20 heavy (non-hydrogen) atoms. The van der Waals surface area contributed by atoms with Crippen LogP contribution in [0.2, 0.25) is 0 Å². The molecule has 0 amide bonds. The number of ether oxygens (including phenoxy) is 2. The number of benzene rings is 1. The number of carbonyl (C=O) groups is 2. The summed E-state index contributed by atoms with van der Waals surface area (Å²) in [7, 11) is 0. The normalized spacial score (nSPS) is 10.2. The minimum Gasteiger partial charge on any atom is -0.462 e. The molecule has 1 rings (SSSR count). The van der Waals surface area contributed by atoms with Crippen LogP contribution < -0.4 is 0 Å². The maximum absolute atomic E-state index is 12.6. The Morgan fingerprint density at radius 2 is 1.70 bits per heavy atom. The third-order valence-electron chi connectivity index (χ3n) is 2.23. The first-order valence-electron chi connectivity index (χ1n) is 6.01. The molecule has 0 aliphatic carbocycles. The molecule has 0 unspecified atom stereocenters. The lowest BCUT2D eigenvalue weighted by atomic mass is 10.2. The highest BCUT2D eigenvalue weighted by atomic mass is 19.1.